The normalized spacial score (nSPS) is 21.6. The molecule has 3 atom stereocenters. The van der Waals surface area contributed by atoms with E-state index in [1.165, 1.54) is 7.11 Å². The van der Waals surface area contributed by atoms with Gasteiger partial charge in [0, 0.05) is 18.7 Å². The van der Waals surface area contributed by atoms with Gasteiger partial charge in [-0.3, -0.25) is 9.59 Å². The van der Waals surface area contributed by atoms with Crippen molar-refractivity contribution in [3.8, 4) is 0 Å². The number of aliphatic hydroxyl groups is 1. The van der Waals surface area contributed by atoms with E-state index in [0.717, 1.165) is 31.0 Å². The lowest BCUT2D eigenvalue weighted by molar-refractivity contribution is -0.159. The molecule has 0 bridgehead atoms. The van der Waals surface area contributed by atoms with Gasteiger partial charge in [0.15, 0.2) is 16.6 Å². The molecule has 0 aromatic rings. The predicted molar refractivity (Wildman–Crippen MR) is 143 cm³/mol. The van der Waals surface area contributed by atoms with Crippen LogP contribution in [-0.4, -0.2) is 80.9 Å². The molecule has 9 nitrogen and oxygen atoms in total. The molecule has 3 unspecified atom stereocenters. The van der Waals surface area contributed by atoms with E-state index in [1.807, 2.05) is 0 Å². The second-order valence-electron chi connectivity index (χ2n) is 11.0. The minimum absolute atomic E-state index is 0.0116. The lowest BCUT2D eigenvalue weighted by Gasteiger charge is -2.34. The van der Waals surface area contributed by atoms with Gasteiger partial charge in [-0.05, 0) is 64.5 Å². The van der Waals surface area contributed by atoms with E-state index in [0.29, 0.717) is 18.8 Å². The quantitative estimate of drug-likeness (QED) is 0.147. The van der Waals surface area contributed by atoms with Crippen molar-refractivity contribution in [2.75, 3.05) is 13.7 Å². The van der Waals surface area contributed by atoms with Crippen molar-refractivity contribution >= 4 is 44.0 Å². The van der Waals surface area contributed by atoms with Crippen LogP contribution in [0.5, 0.6) is 0 Å². The largest absolute Gasteiger partial charge is 0.466 e. The zero-order valence-electron chi connectivity index (χ0n) is 22.4. The first-order chi connectivity index (χ1) is 16.2. The maximum atomic E-state index is 12.2. The minimum Gasteiger partial charge on any atom is -0.466 e. The molecule has 1 amide bonds. The minimum atomic E-state index is -1.69. The van der Waals surface area contributed by atoms with E-state index in [-0.39, 0.29) is 18.9 Å². The van der Waals surface area contributed by atoms with Crippen LogP contribution in [0.25, 0.3) is 0 Å². The van der Waals surface area contributed by atoms with Crippen molar-refractivity contribution in [2.24, 2.45) is 5.92 Å². The van der Waals surface area contributed by atoms with Crippen LogP contribution in [0.1, 0.15) is 32.1 Å². The van der Waals surface area contributed by atoms with Crippen LogP contribution >= 0.6 is 0 Å². The SMILES string of the molecule is COC(=O)C=CC(=O)NCCC(=O)OC1CC(CC[SiH2]C(O[Si](C)(C)C)O[Si](C)(C)C)CCC1O. The van der Waals surface area contributed by atoms with E-state index >= 15 is 0 Å². The number of methoxy groups -OCH3 is 1. The highest BCUT2D eigenvalue weighted by Crippen LogP contribution is 2.30. The molecule has 1 saturated carbocycles. The van der Waals surface area contributed by atoms with Gasteiger partial charge in [-0.15, -0.1) is 0 Å². The Morgan fingerprint density at radius 1 is 1.06 bits per heavy atom. The van der Waals surface area contributed by atoms with Crippen LogP contribution < -0.4 is 5.32 Å². The van der Waals surface area contributed by atoms with E-state index in [9.17, 15) is 19.5 Å². The second kappa shape index (κ2) is 15.1. The van der Waals surface area contributed by atoms with Crippen LogP contribution in [0.2, 0.25) is 45.3 Å². The predicted octanol–water partition coefficient (Wildman–Crippen LogP) is 2.26. The highest BCUT2D eigenvalue weighted by atomic mass is 28.4. The first-order valence-corrected chi connectivity index (χ1v) is 21.1. The highest BCUT2D eigenvalue weighted by Gasteiger charge is 2.32. The molecule has 202 valence electrons. The van der Waals surface area contributed by atoms with Crippen LogP contribution in [0.4, 0.5) is 0 Å². The van der Waals surface area contributed by atoms with Gasteiger partial charge in [-0.25, -0.2) is 4.79 Å². The molecule has 0 aromatic heterocycles. The molecule has 0 aromatic carbocycles. The molecule has 1 aliphatic carbocycles. The number of aliphatic hydroxyl groups excluding tert-OH is 1. The third-order valence-electron chi connectivity index (χ3n) is 5.37. The summed E-state index contributed by atoms with van der Waals surface area (Å²) in [4.78, 5) is 34.8. The molecule has 35 heavy (non-hydrogen) atoms. The average molecular weight is 548 g/mol. The number of esters is 2. The summed E-state index contributed by atoms with van der Waals surface area (Å²) in [6.07, 6.45) is 4.05. The molecule has 0 heterocycles. The Bertz CT molecular complexity index is 705. The summed E-state index contributed by atoms with van der Waals surface area (Å²) >= 11 is 0. The topological polar surface area (TPSA) is 120 Å². The Morgan fingerprint density at radius 2 is 1.69 bits per heavy atom. The van der Waals surface area contributed by atoms with E-state index in [2.05, 4.69) is 49.3 Å². The number of ether oxygens (including phenoxy) is 2. The van der Waals surface area contributed by atoms with Crippen molar-refractivity contribution in [2.45, 2.75) is 95.6 Å². The molecule has 12 heteroatoms. The Labute approximate surface area is 214 Å². The van der Waals surface area contributed by atoms with Crippen molar-refractivity contribution in [1.29, 1.82) is 0 Å². The molecule has 2 N–H and O–H groups in total. The van der Waals surface area contributed by atoms with Gasteiger partial charge in [0.25, 0.3) is 0 Å². The molecule has 1 fully saturated rings. The first-order valence-electron chi connectivity index (χ1n) is 12.5. The Hall–Kier alpha value is -1.32. The van der Waals surface area contributed by atoms with Gasteiger partial charge in [-0.1, -0.05) is 12.5 Å². The third-order valence-corrected chi connectivity index (χ3v) is 9.60. The molecule has 0 spiro atoms. The fourth-order valence-electron chi connectivity index (χ4n) is 3.87. The van der Waals surface area contributed by atoms with Crippen molar-refractivity contribution in [3.63, 3.8) is 0 Å². The summed E-state index contributed by atoms with van der Waals surface area (Å²) in [5.74, 6) is -1.24. The highest BCUT2D eigenvalue weighted by molar-refractivity contribution is 6.71. The van der Waals surface area contributed by atoms with Gasteiger partial charge in [0.1, 0.15) is 12.0 Å². The molecular formula is C23H45NO8Si3. The van der Waals surface area contributed by atoms with Crippen LogP contribution in [0, 0.1) is 5.92 Å². The number of nitrogens with one attached hydrogen (secondary N) is 1. The molecule has 1 aliphatic rings. The summed E-state index contributed by atoms with van der Waals surface area (Å²) < 4.78 is 22.6. The lowest BCUT2D eigenvalue weighted by atomic mass is 9.84. The average Bonchev–Trinajstić information content (AvgIpc) is 2.71. The van der Waals surface area contributed by atoms with E-state index < -0.39 is 56.2 Å². The number of rotatable bonds is 14. The van der Waals surface area contributed by atoms with Gasteiger partial charge in [0.05, 0.1) is 29.2 Å². The zero-order chi connectivity index (χ0) is 26.6. The molecular weight excluding hydrogens is 503 g/mol. The van der Waals surface area contributed by atoms with Crippen molar-refractivity contribution in [1.82, 2.24) is 5.32 Å². The number of hydrogen-bond donors (Lipinski definition) is 2. The van der Waals surface area contributed by atoms with E-state index in [4.69, 9.17) is 13.6 Å². The summed E-state index contributed by atoms with van der Waals surface area (Å²) in [7, 11) is -2.74. The van der Waals surface area contributed by atoms with E-state index in [1.54, 1.807) is 0 Å². The van der Waals surface area contributed by atoms with Gasteiger partial charge < -0.3 is 28.7 Å². The summed E-state index contributed by atoms with van der Waals surface area (Å²) in [5.41, 5.74) is 0. The maximum absolute atomic E-state index is 12.2. The lowest BCUT2D eigenvalue weighted by Crippen LogP contribution is -2.43. The second-order valence-corrected chi connectivity index (χ2v) is 21.9. The Morgan fingerprint density at radius 3 is 2.26 bits per heavy atom. The zero-order valence-corrected chi connectivity index (χ0v) is 25.8. The monoisotopic (exact) mass is 547 g/mol. The van der Waals surface area contributed by atoms with Crippen LogP contribution in [0.3, 0.4) is 0 Å². The summed E-state index contributed by atoms with van der Waals surface area (Å²) in [6, 6.07) is 1.09. The Kier molecular flexibility index (Phi) is 13.6. The molecule has 1 rings (SSSR count). The summed E-state index contributed by atoms with van der Waals surface area (Å²) in [6.45, 7) is 13.2. The fourth-order valence-corrected chi connectivity index (χ4v) is 10.7. The third kappa shape index (κ3) is 15.4. The van der Waals surface area contributed by atoms with Gasteiger partial charge >= 0.3 is 11.9 Å². The van der Waals surface area contributed by atoms with Crippen LogP contribution in [-0.2, 0) is 32.7 Å². The number of amides is 1. The number of carbonyl (C=O) groups is 3. The smallest absolute Gasteiger partial charge is 0.330 e. The first kappa shape index (κ1) is 31.7. The van der Waals surface area contributed by atoms with Crippen LogP contribution in [0.15, 0.2) is 12.2 Å². The number of hydrogen-bond acceptors (Lipinski definition) is 8. The number of carbonyl (C=O) groups excluding carboxylic acids is 3. The Balaban J connectivity index is 2.44. The molecule has 0 radical (unpaired) electrons. The molecule has 0 saturated heterocycles. The van der Waals surface area contributed by atoms with Gasteiger partial charge in [-0.2, -0.15) is 0 Å². The summed E-state index contributed by atoms with van der Waals surface area (Å²) in [5, 5.41) is 12.9. The van der Waals surface area contributed by atoms with Gasteiger partial charge in [0.2, 0.25) is 5.91 Å². The standard InChI is InChI=1S/C23H45NO8Si3/c1-29-21(27)11-10-20(26)24-14-12-22(28)30-19-16-17(8-9-18(19)25)13-15-33-23(31-34(2,3)4)32-35(5,6)7/h10-11,17-19,23,25H,8-9,12-16,33H2,1-7H3,(H,24,26). The molecule has 0 aliphatic heterocycles. The maximum Gasteiger partial charge on any atom is 0.330 e. The van der Waals surface area contributed by atoms with Crippen molar-refractivity contribution < 1.29 is 37.8 Å². The fraction of sp³-hybridized carbons (Fsp3) is 0.783. The van der Waals surface area contributed by atoms with Crippen molar-refractivity contribution in [3.05, 3.63) is 12.2 Å².